The van der Waals surface area contributed by atoms with Crippen LogP contribution in [0.2, 0.25) is 0 Å². The van der Waals surface area contributed by atoms with Crippen molar-refractivity contribution in [1.82, 2.24) is 5.01 Å². The third-order valence-corrected chi connectivity index (χ3v) is 5.09. The Morgan fingerprint density at radius 2 is 1.41 bits per heavy atom. The Kier molecular flexibility index (Phi) is 3.33. The van der Waals surface area contributed by atoms with E-state index in [0.29, 0.717) is 9.90 Å². The van der Waals surface area contributed by atoms with Gasteiger partial charge in [0.05, 0.1) is 20.9 Å². The van der Waals surface area contributed by atoms with Crippen LogP contribution in [0, 0.1) is 6.92 Å². The topological polar surface area (TPSA) is 66.8 Å². The van der Waals surface area contributed by atoms with Crippen molar-refractivity contribution in [2.45, 2.75) is 11.8 Å². The lowest BCUT2D eigenvalue weighted by Crippen LogP contribution is -2.25. The molecule has 0 aliphatic carbocycles. The number of fused-ring (bicyclic) bond motifs is 1. The van der Waals surface area contributed by atoms with Crippen molar-refractivity contribution in [3.8, 4) is 0 Å². The first-order valence-electron chi connectivity index (χ1n) is 6.67. The molecule has 2 aromatic rings. The van der Waals surface area contributed by atoms with Crippen molar-refractivity contribution < 1.29 is 13.8 Å². The highest BCUT2D eigenvalue weighted by Gasteiger charge is 2.36. The van der Waals surface area contributed by atoms with Gasteiger partial charge in [-0.15, -0.1) is 9.48 Å². The Bertz CT molecular complexity index is 859. The van der Waals surface area contributed by atoms with E-state index in [1.807, 2.05) is 19.1 Å². The molecule has 0 bridgehead atoms. The van der Waals surface area contributed by atoms with Crippen LogP contribution in [0.5, 0.6) is 0 Å². The lowest BCUT2D eigenvalue weighted by molar-refractivity contribution is 0.0661. The van der Waals surface area contributed by atoms with Crippen molar-refractivity contribution in [2.75, 3.05) is 6.26 Å². The fourth-order valence-electron chi connectivity index (χ4n) is 2.24. The van der Waals surface area contributed by atoms with Gasteiger partial charge in [-0.2, -0.15) is 0 Å². The number of aryl methyl sites for hydroxylation is 1. The summed E-state index contributed by atoms with van der Waals surface area (Å²) in [5.74, 6) is -1.08. The van der Waals surface area contributed by atoms with E-state index in [-0.39, 0.29) is 11.1 Å². The summed E-state index contributed by atoms with van der Waals surface area (Å²) in [6.07, 6.45) is 1.42. The molecular weight excluding hydrogens is 300 g/mol. The summed E-state index contributed by atoms with van der Waals surface area (Å²) in [5, 5.41) is 0.715. The molecule has 0 spiro atoms. The van der Waals surface area contributed by atoms with Crippen molar-refractivity contribution in [1.29, 1.82) is 0 Å². The smallest absolute Gasteiger partial charge is 0.267 e. The van der Waals surface area contributed by atoms with E-state index >= 15 is 0 Å². The summed E-state index contributed by atoms with van der Waals surface area (Å²) < 4.78 is 16.7. The van der Waals surface area contributed by atoms with Crippen LogP contribution in [0.1, 0.15) is 26.3 Å². The maximum Gasteiger partial charge on any atom is 0.282 e. The second-order valence-electron chi connectivity index (χ2n) is 5.16. The van der Waals surface area contributed by atoms with Crippen LogP contribution in [0.3, 0.4) is 0 Å². The predicted molar refractivity (Wildman–Crippen MR) is 82.9 cm³/mol. The van der Waals surface area contributed by atoms with E-state index in [1.165, 1.54) is 6.26 Å². The van der Waals surface area contributed by atoms with E-state index in [1.54, 1.807) is 36.4 Å². The first kappa shape index (κ1) is 14.5. The van der Waals surface area contributed by atoms with Crippen LogP contribution in [0.4, 0.5) is 0 Å². The van der Waals surface area contributed by atoms with Gasteiger partial charge in [-0.05, 0) is 31.2 Å². The Balaban J connectivity index is 2.06. The van der Waals surface area contributed by atoms with Gasteiger partial charge in [0.2, 0.25) is 0 Å². The van der Waals surface area contributed by atoms with Gasteiger partial charge in [0.25, 0.3) is 11.8 Å². The highest BCUT2D eigenvalue weighted by atomic mass is 32.2. The van der Waals surface area contributed by atoms with E-state index in [2.05, 4.69) is 4.47 Å². The zero-order chi connectivity index (χ0) is 15.9. The number of rotatable bonds is 2. The number of carbonyl (C=O) groups is 2. The Labute approximate surface area is 128 Å². The normalized spacial score (nSPS) is 16.4. The van der Waals surface area contributed by atoms with Crippen LogP contribution in [-0.2, 0) is 9.73 Å². The molecule has 1 aliphatic heterocycles. The van der Waals surface area contributed by atoms with Gasteiger partial charge < -0.3 is 0 Å². The molecule has 0 fully saturated rings. The van der Waals surface area contributed by atoms with Gasteiger partial charge in [0, 0.05) is 11.2 Å². The Morgan fingerprint density at radius 1 is 0.909 bits per heavy atom. The summed E-state index contributed by atoms with van der Waals surface area (Å²) in [5.41, 5.74) is 1.60. The summed E-state index contributed by atoms with van der Waals surface area (Å²) >= 11 is 0. The molecule has 2 aromatic carbocycles. The molecule has 3 rings (SSSR count). The quantitative estimate of drug-likeness (QED) is 0.800. The van der Waals surface area contributed by atoms with E-state index in [0.717, 1.165) is 5.56 Å². The minimum Gasteiger partial charge on any atom is -0.267 e. The monoisotopic (exact) mass is 314 g/mol. The average molecular weight is 314 g/mol. The van der Waals surface area contributed by atoms with Crippen LogP contribution >= 0.6 is 0 Å². The maximum atomic E-state index is 12.8. The van der Waals surface area contributed by atoms with Crippen molar-refractivity contribution in [2.24, 2.45) is 4.47 Å². The Morgan fingerprint density at radius 3 is 1.91 bits per heavy atom. The number of nitrogens with zero attached hydrogens (tertiary/aromatic N) is 2. The molecule has 1 aliphatic rings. The number of carbonyl (C=O) groups excluding carboxylic acids is 2. The molecule has 0 N–H and O–H groups in total. The Hall–Kier alpha value is -2.47. The molecule has 0 radical (unpaired) electrons. The highest BCUT2D eigenvalue weighted by Crippen LogP contribution is 2.24. The fraction of sp³-hybridized carbons (Fsp3) is 0.125. The molecule has 2 amide bonds. The first-order chi connectivity index (χ1) is 10.4. The SMILES string of the molecule is Cc1ccc(S(C)(=O)=NN2C(=O)c3ccccc3C2=O)cc1. The lowest BCUT2D eigenvalue weighted by atomic mass is 10.1. The zero-order valence-electron chi connectivity index (χ0n) is 12.1. The number of hydrogen-bond donors (Lipinski definition) is 0. The van der Waals surface area contributed by atoms with Gasteiger partial charge >= 0.3 is 0 Å². The fourth-order valence-corrected chi connectivity index (χ4v) is 3.44. The second-order valence-corrected chi connectivity index (χ2v) is 7.40. The van der Waals surface area contributed by atoms with Crippen LogP contribution in [0.25, 0.3) is 0 Å². The van der Waals surface area contributed by atoms with Crippen molar-refractivity contribution in [3.63, 3.8) is 0 Å². The third kappa shape index (κ3) is 2.31. The predicted octanol–water partition coefficient (Wildman–Crippen LogP) is 2.66. The standard InChI is InChI=1S/C16H14N2O3S/c1-11-7-9-12(10-8-11)22(2,21)17-18-15(19)13-5-3-4-6-14(13)16(18)20/h3-10H,1-2H3. The molecule has 1 heterocycles. The minimum absolute atomic E-state index is 0.287. The van der Waals surface area contributed by atoms with E-state index in [4.69, 9.17) is 0 Å². The summed E-state index contributed by atoms with van der Waals surface area (Å²) in [6.45, 7) is 1.92. The maximum absolute atomic E-state index is 12.8. The van der Waals surface area contributed by atoms with Gasteiger partial charge in [-0.25, -0.2) is 4.21 Å². The van der Waals surface area contributed by atoms with Crippen molar-refractivity contribution >= 4 is 21.5 Å². The van der Waals surface area contributed by atoms with Crippen molar-refractivity contribution in [3.05, 3.63) is 65.2 Å². The summed E-state index contributed by atoms with van der Waals surface area (Å²) in [7, 11) is -2.88. The first-order valence-corrected chi connectivity index (χ1v) is 8.59. The number of amides is 2. The van der Waals surface area contributed by atoms with Crippen LogP contribution in [0.15, 0.2) is 57.9 Å². The molecule has 0 aromatic heterocycles. The second kappa shape index (κ2) is 5.06. The average Bonchev–Trinajstić information content (AvgIpc) is 2.73. The van der Waals surface area contributed by atoms with Gasteiger partial charge in [0.1, 0.15) is 0 Å². The molecule has 0 saturated heterocycles. The zero-order valence-corrected chi connectivity index (χ0v) is 13.0. The summed E-state index contributed by atoms with van der Waals surface area (Å²) in [4.78, 5) is 25.0. The molecule has 1 unspecified atom stereocenters. The number of hydrogen-bond acceptors (Lipinski definition) is 4. The molecule has 112 valence electrons. The number of imide groups is 1. The molecule has 5 nitrogen and oxygen atoms in total. The molecular formula is C16H14N2O3S. The molecule has 22 heavy (non-hydrogen) atoms. The number of benzene rings is 2. The third-order valence-electron chi connectivity index (χ3n) is 3.47. The lowest BCUT2D eigenvalue weighted by Gasteiger charge is -2.10. The molecule has 6 heteroatoms. The molecule has 0 saturated carbocycles. The largest absolute Gasteiger partial charge is 0.282 e. The van der Waals surface area contributed by atoms with E-state index < -0.39 is 21.5 Å². The van der Waals surface area contributed by atoms with Crippen LogP contribution < -0.4 is 0 Å². The van der Waals surface area contributed by atoms with Gasteiger partial charge in [-0.1, -0.05) is 29.8 Å². The van der Waals surface area contributed by atoms with Gasteiger partial charge in [-0.3, -0.25) is 9.59 Å². The van der Waals surface area contributed by atoms with Crippen LogP contribution in [-0.4, -0.2) is 27.3 Å². The van der Waals surface area contributed by atoms with E-state index in [9.17, 15) is 13.8 Å². The minimum atomic E-state index is -2.88. The molecule has 1 atom stereocenters. The summed E-state index contributed by atoms with van der Waals surface area (Å²) in [6, 6.07) is 13.5. The van der Waals surface area contributed by atoms with Gasteiger partial charge in [0.15, 0.2) is 0 Å². The highest BCUT2D eigenvalue weighted by molar-refractivity contribution is 7.93.